The molecule has 2 aromatic rings. The molecule has 0 radical (unpaired) electrons. The van der Waals surface area contributed by atoms with Crippen molar-refractivity contribution in [3.05, 3.63) is 65.2 Å². The number of hydrogen-bond acceptors (Lipinski definition) is 5. The number of carboxylic acid groups (broad SMARTS) is 1. The predicted octanol–water partition coefficient (Wildman–Crippen LogP) is 5.05. The average molecular weight is 549 g/mol. The van der Waals surface area contributed by atoms with Gasteiger partial charge in [0.05, 0.1) is 18.7 Å². The fourth-order valence-corrected chi connectivity index (χ4v) is 5.99. The number of carboxylic acids is 1. The lowest BCUT2D eigenvalue weighted by molar-refractivity contribution is -0.156. The van der Waals surface area contributed by atoms with Gasteiger partial charge in [0.25, 0.3) is 5.91 Å². The van der Waals surface area contributed by atoms with Gasteiger partial charge in [-0.2, -0.15) is 13.2 Å². The van der Waals surface area contributed by atoms with Gasteiger partial charge >= 0.3 is 12.1 Å². The molecular weight excluding hydrogens is 513 g/mol. The maximum atomic E-state index is 13.9. The highest BCUT2D eigenvalue weighted by molar-refractivity contribution is 5.88. The lowest BCUT2D eigenvalue weighted by Gasteiger charge is -2.35. The number of nitrogens with zero attached hydrogens (tertiary/aromatic N) is 1. The van der Waals surface area contributed by atoms with Crippen LogP contribution in [0.15, 0.2) is 48.5 Å². The normalized spacial score (nSPS) is 25.6. The molecule has 10 heteroatoms. The Labute approximate surface area is 226 Å². The molecule has 39 heavy (non-hydrogen) atoms. The van der Waals surface area contributed by atoms with Gasteiger partial charge in [-0.15, -0.1) is 0 Å². The van der Waals surface area contributed by atoms with Crippen molar-refractivity contribution in [2.24, 2.45) is 11.3 Å². The number of aliphatic carboxylic acids is 1. The molecule has 212 valence electrons. The average Bonchev–Trinajstić information content (AvgIpc) is 3.53. The van der Waals surface area contributed by atoms with Gasteiger partial charge in [-0.05, 0) is 42.0 Å². The van der Waals surface area contributed by atoms with Crippen LogP contribution in [0.2, 0.25) is 0 Å². The first-order chi connectivity index (χ1) is 18.3. The van der Waals surface area contributed by atoms with E-state index in [0.717, 1.165) is 17.7 Å². The minimum atomic E-state index is -4.53. The van der Waals surface area contributed by atoms with E-state index in [1.165, 1.54) is 18.1 Å². The molecule has 2 fully saturated rings. The zero-order valence-electron chi connectivity index (χ0n) is 22.5. The summed E-state index contributed by atoms with van der Waals surface area (Å²) >= 11 is 0. The Bertz CT molecular complexity index is 1180. The summed E-state index contributed by atoms with van der Waals surface area (Å²) in [6.07, 6.45) is -4.06. The molecule has 1 unspecified atom stereocenters. The van der Waals surface area contributed by atoms with Crippen LogP contribution in [0.1, 0.15) is 56.3 Å². The Morgan fingerprint density at radius 1 is 1.13 bits per heavy atom. The van der Waals surface area contributed by atoms with E-state index in [1.54, 1.807) is 0 Å². The number of carbonyl (C=O) groups is 2. The number of alkyl halides is 3. The molecule has 0 spiro atoms. The first kappa shape index (κ1) is 28.9. The fraction of sp³-hybridized carbons (Fsp3) is 0.517. The summed E-state index contributed by atoms with van der Waals surface area (Å²) in [4.78, 5) is 28.1. The zero-order chi connectivity index (χ0) is 28.5. The number of amides is 1. The van der Waals surface area contributed by atoms with Crippen molar-refractivity contribution in [3.63, 3.8) is 0 Å². The monoisotopic (exact) mass is 548 g/mol. The quantitative estimate of drug-likeness (QED) is 0.504. The van der Waals surface area contributed by atoms with Gasteiger partial charge in [0.2, 0.25) is 0 Å². The molecular formula is C29H35F3N2O5. The number of methoxy groups -OCH3 is 1. The molecule has 7 nitrogen and oxygen atoms in total. The number of nitrogens with one attached hydrogen (secondary N) is 1. The van der Waals surface area contributed by atoms with Crippen molar-refractivity contribution in [3.8, 4) is 5.75 Å². The molecule has 1 amide bonds. The van der Waals surface area contributed by atoms with Crippen LogP contribution < -0.4 is 10.1 Å². The summed E-state index contributed by atoms with van der Waals surface area (Å²) < 4.78 is 51.5. The Kier molecular flexibility index (Phi) is 8.28. The second-order valence-corrected chi connectivity index (χ2v) is 11.2. The smallest absolute Gasteiger partial charge is 0.416 e. The Morgan fingerprint density at radius 3 is 2.36 bits per heavy atom. The van der Waals surface area contributed by atoms with E-state index in [4.69, 9.17) is 9.47 Å². The topological polar surface area (TPSA) is 88.1 Å². The van der Waals surface area contributed by atoms with Gasteiger partial charge in [-0.1, -0.05) is 51.1 Å². The van der Waals surface area contributed by atoms with Crippen LogP contribution in [-0.4, -0.2) is 53.8 Å². The fourth-order valence-electron chi connectivity index (χ4n) is 5.99. The maximum Gasteiger partial charge on any atom is 0.416 e. The van der Waals surface area contributed by atoms with Crippen molar-refractivity contribution in [2.45, 2.75) is 70.6 Å². The van der Waals surface area contributed by atoms with Crippen molar-refractivity contribution in [1.29, 1.82) is 0 Å². The number of likely N-dealkylation sites (tertiary alicyclic amines) is 1. The number of rotatable bonds is 7. The first-order valence-corrected chi connectivity index (χ1v) is 13.0. The Morgan fingerprint density at radius 2 is 1.82 bits per heavy atom. The molecule has 2 aliphatic rings. The molecule has 2 saturated heterocycles. The number of hydrogen-bond donors (Lipinski definition) is 2. The first-order valence-electron chi connectivity index (χ1n) is 13.0. The highest BCUT2D eigenvalue weighted by Crippen LogP contribution is 2.49. The second-order valence-electron chi connectivity index (χ2n) is 11.2. The van der Waals surface area contributed by atoms with E-state index in [2.05, 4.69) is 5.32 Å². The van der Waals surface area contributed by atoms with Gasteiger partial charge in [-0.3, -0.25) is 4.79 Å². The SMILES string of the molecule is COc1ccc(C(F)(F)F)cc1CN[C@H]1[C@H](C(C)(C)C)[C@@H](C(=O)O)N(C(=O)C2CCCO2)[C@H]1c1ccccc1. The van der Waals surface area contributed by atoms with E-state index < -0.39 is 53.3 Å². The predicted molar refractivity (Wildman–Crippen MR) is 138 cm³/mol. The third-order valence-electron chi connectivity index (χ3n) is 7.66. The van der Waals surface area contributed by atoms with Crippen molar-refractivity contribution in [2.75, 3.05) is 13.7 Å². The molecule has 2 heterocycles. The van der Waals surface area contributed by atoms with Gasteiger partial charge in [0, 0.05) is 30.7 Å². The molecule has 2 N–H and O–H groups in total. The van der Waals surface area contributed by atoms with E-state index in [-0.39, 0.29) is 23.8 Å². The molecule has 0 aromatic heterocycles. The summed E-state index contributed by atoms with van der Waals surface area (Å²) in [7, 11) is 1.38. The Hall–Kier alpha value is -3.11. The number of carbonyl (C=O) groups excluding carboxylic acids is 1. The van der Waals surface area contributed by atoms with E-state index in [9.17, 15) is 27.9 Å². The molecule has 2 aliphatic heterocycles. The summed E-state index contributed by atoms with van der Waals surface area (Å²) in [5.41, 5.74) is -0.382. The van der Waals surface area contributed by atoms with Crippen LogP contribution in [0.25, 0.3) is 0 Å². The highest BCUT2D eigenvalue weighted by atomic mass is 19.4. The standard InChI is InChI=1S/C29H35F3N2O5/c1-28(2,3)22-23(33-16-18-15-19(29(30,31)32)12-13-20(18)38-4)24(17-9-6-5-7-10-17)34(25(22)27(36)37)26(35)21-11-8-14-39-21/h5-7,9-10,12-13,15,21-25,33H,8,11,14,16H2,1-4H3,(H,36,37)/t21?,22-,23-,24-,25-/m0/s1. The summed E-state index contributed by atoms with van der Waals surface area (Å²) in [5.74, 6) is -1.83. The number of ether oxygens (including phenoxy) is 2. The molecule has 5 atom stereocenters. The molecule has 0 saturated carbocycles. The largest absolute Gasteiger partial charge is 0.496 e. The summed E-state index contributed by atoms with van der Waals surface area (Å²) in [5, 5.41) is 13.8. The van der Waals surface area contributed by atoms with Crippen molar-refractivity contribution < 1.29 is 37.3 Å². The number of halogens is 3. The van der Waals surface area contributed by atoms with Crippen LogP contribution in [0.5, 0.6) is 5.75 Å². The third-order valence-corrected chi connectivity index (χ3v) is 7.66. The van der Waals surface area contributed by atoms with Gasteiger partial charge in [-0.25, -0.2) is 4.79 Å². The minimum absolute atomic E-state index is 0.0258. The van der Waals surface area contributed by atoms with Crippen LogP contribution >= 0.6 is 0 Å². The maximum absolute atomic E-state index is 13.9. The lowest BCUT2D eigenvalue weighted by atomic mass is 9.72. The van der Waals surface area contributed by atoms with E-state index >= 15 is 0 Å². The van der Waals surface area contributed by atoms with Crippen LogP contribution in [0.3, 0.4) is 0 Å². The minimum Gasteiger partial charge on any atom is -0.496 e. The zero-order valence-corrected chi connectivity index (χ0v) is 22.5. The molecule has 0 aliphatic carbocycles. The van der Waals surface area contributed by atoms with Crippen molar-refractivity contribution in [1.82, 2.24) is 10.2 Å². The third kappa shape index (κ3) is 5.91. The van der Waals surface area contributed by atoms with Gasteiger partial charge < -0.3 is 24.8 Å². The van der Waals surface area contributed by atoms with E-state index in [1.807, 2.05) is 51.1 Å². The highest BCUT2D eigenvalue weighted by Gasteiger charge is 2.58. The molecule has 2 aromatic carbocycles. The van der Waals surface area contributed by atoms with Crippen LogP contribution in [0.4, 0.5) is 13.2 Å². The van der Waals surface area contributed by atoms with Crippen LogP contribution in [0, 0.1) is 11.3 Å². The number of benzene rings is 2. The second kappa shape index (κ2) is 11.2. The van der Waals surface area contributed by atoms with Gasteiger partial charge in [0.15, 0.2) is 0 Å². The van der Waals surface area contributed by atoms with E-state index in [0.29, 0.717) is 19.4 Å². The molecule has 0 bridgehead atoms. The Balaban J connectivity index is 1.81. The van der Waals surface area contributed by atoms with Crippen LogP contribution in [-0.2, 0) is 27.0 Å². The summed E-state index contributed by atoms with van der Waals surface area (Å²) in [6.45, 7) is 6.14. The van der Waals surface area contributed by atoms with Gasteiger partial charge in [0.1, 0.15) is 17.9 Å². The lowest BCUT2D eigenvalue weighted by Crippen LogP contribution is -2.50. The molecule has 4 rings (SSSR count). The summed E-state index contributed by atoms with van der Waals surface area (Å²) in [6, 6.07) is 9.95. The van der Waals surface area contributed by atoms with Crippen molar-refractivity contribution >= 4 is 11.9 Å².